The number of nitrogens with zero attached hydrogens (tertiary/aromatic N) is 1. The van der Waals surface area contributed by atoms with Gasteiger partial charge in [0.2, 0.25) is 5.91 Å². The first kappa shape index (κ1) is 22.7. The molecule has 1 atom stereocenters. The first-order valence-corrected chi connectivity index (χ1v) is 10.2. The van der Waals surface area contributed by atoms with E-state index >= 15 is 0 Å². The molecule has 0 aliphatic carbocycles. The Kier molecular flexibility index (Phi) is 7.22. The SMILES string of the molecule is CC(=O)NCC1(C)CN(c2ccc(-c3ccc(CNCCCF)cc3)c(F)c2)C(=O)O1. The standard InChI is InChI=1S/C23H27F2N3O3/c1-16(29)27-14-23(2)15-28(22(30)31-23)19-8-9-20(21(25)12-19)18-6-4-17(5-7-18)13-26-11-3-10-24/h4-9,12,26H,3,10-11,13-15H2,1-2H3,(H,27,29). The Bertz CT molecular complexity index is 936. The van der Waals surface area contributed by atoms with E-state index < -0.39 is 17.5 Å². The zero-order valence-corrected chi connectivity index (χ0v) is 17.7. The van der Waals surface area contributed by atoms with E-state index in [4.69, 9.17) is 4.74 Å². The maximum Gasteiger partial charge on any atom is 0.415 e. The van der Waals surface area contributed by atoms with Gasteiger partial charge in [-0.1, -0.05) is 24.3 Å². The number of hydrogen-bond acceptors (Lipinski definition) is 4. The maximum atomic E-state index is 14.9. The molecule has 31 heavy (non-hydrogen) atoms. The molecule has 2 N–H and O–H groups in total. The summed E-state index contributed by atoms with van der Waals surface area (Å²) >= 11 is 0. The number of anilines is 1. The molecule has 0 radical (unpaired) electrons. The molecule has 0 bridgehead atoms. The smallest absolute Gasteiger partial charge is 0.415 e. The third kappa shape index (κ3) is 5.79. The van der Waals surface area contributed by atoms with Crippen LogP contribution in [0, 0.1) is 5.82 Å². The predicted octanol–water partition coefficient (Wildman–Crippen LogP) is 3.79. The van der Waals surface area contributed by atoms with Crippen molar-refractivity contribution in [3.8, 4) is 11.1 Å². The average molecular weight is 431 g/mol. The van der Waals surface area contributed by atoms with Crippen LogP contribution in [0.2, 0.25) is 0 Å². The van der Waals surface area contributed by atoms with Gasteiger partial charge in [0, 0.05) is 19.0 Å². The van der Waals surface area contributed by atoms with Gasteiger partial charge in [0.1, 0.15) is 11.4 Å². The van der Waals surface area contributed by atoms with Gasteiger partial charge in [-0.2, -0.15) is 0 Å². The molecule has 2 amide bonds. The van der Waals surface area contributed by atoms with E-state index in [9.17, 15) is 18.4 Å². The largest absolute Gasteiger partial charge is 0.439 e. The van der Waals surface area contributed by atoms with Crippen LogP contribution in [-0.2, 0) is 16.1 Å². The molecule has 0 saturated carbocycles. The lowest BCUT2D eigenvalue weighted by Gasteiger charge is -2.21. The van der Waals surface area contributed by atoms with Gasteiger partial charge >= 0.3 is 6.09 Å². The first-order valence-electron chi connectivity index (χ1n) is 10.2. The summed E-state index contributed by atoms with van der Waals surface area (Å²) in [5.41, 5.74) is 1.68. The molecule has 2 aromatic carbocycles. The Morgan fingerprint density at radius 3 is 2.61 bits per heavy atom. The molecule has 1 saturated heterocycles. The second-order valence-electron chi connectivity index (χ2n) is 7.89. The molecule has 0 aromatic heterocycles. The summed E-state index contributed by atoms with van der Waals surface area (Å²) in [6, 6.07) is 12.1. The monoisotopic (exact) mass is 431 g/mol. The molecule has 6 nitrogen and oxygen atoms in total. The highest BCUT2D eigenvalue weighted by Crippen LogP contribution is 2.31. The van der Waals surface area contributed by atoms with Crippen molar-refractivity contribution < 1.29 is 23.1 Å². The van der Waals surface area contributed by atoms with E-state index in [0.717, 1.165) is 11.1 Å². The number of benzene rings is 2. The van der Waals surface area contributed by atoms with E-state index in [-0.39, 0.29) is 25.7 Å². The Hall–Kier alpha value is -3.00. The summed E-state index contributed by atoms with van der Waals surface area (Å²) in [6.45, 7) is 4.38. The number of cyclic esters (lactones) is 1. The number of hydrogen-bond donors (Lipinski definition) is 2. The van der Waals surface area contributed by atoms with Crippen molar-refractivity contribution in [1.82, 2.24) is 10.6 Å². The lowest BCUT2D eigenvalue weighted by molar-refractivity contribution is -0.119. The van der Waals surface area contributed by atoms with Gasteiger partial charge < -0.3 is 15.4 Å². The zero-order chi connectivity index (χ0) is 22.4. The number of rotatable bonds is 9. The molecule has 3 rings (SSSR count). The van der Waals surface area contributed by atoms with Crippen LogP contribution < -0.4 is 15.5 Å². The fourth-order valence-electron chi connectivity index (χ4n) is 3.43. The number of nitrogens with one attached hydrogen (secondary N) is 2. The van der Waals surface area contributed by atoms with Gasteiger partial charge in [0.25, 0.3) is 0 Å². The Balaban J connectivity index is 1.69. The van der Waals surface area contributed by atoms with E-state index in [1.165, 1.54) is 17.9 Å². The van der Waals surface area contributed by atoms with Crippen LogP contribution in [0.4, 0.5) is 19.3 Å². The van der Waals surface area contributed by atoms with Crippen molar-refractivity contribution in [2.24, 2.45) is 0 Å². The molecule has 1 aliphatic rings. The molecule has 166 valence electrons. The number of carbonyl (C=O) groups excluding carboxylic acids is 2. The summed E-state index contributed by atoms with van der Waals surface area (Å²) in [5.74, 6) is -0.665. The summed E-state index contributed by atoms with van der Waals surface area (Å²) in [4.78, 5) is 24.8. The minimum absolute atomic E-state index is 0.181. The van der Waals surface area contributed by atoms with Crippen molar-refractivity contribution in [2.45, 2.75) is 32.4 Å². The van der Waals surface area contributed by atoms with E-state index in [0.29, 0.717) is 30.8 Å². The van der Waals surface area contributed by atoms with Crippen LogP contribution in [0.3, 0.4) is 0 Å². The van der Waals surface area contributed by atoms with Gasteiger partial charge in [-0.05, 0) is 49.2 Å². The van der Waals surface area contributed by atoms with Crippen molar-refractivity contribution in [2.75, 3.05) is 31.2 Å². The topological polar surface area (TPSA) is 70.7 Å². The molecule has 0 spiro atoms. The second kappa shape index (κ2) is 9.87. The van der Waals surface area contributed by atoms with Gasteiger partial charge in [-0.15, -0.1) is 0 Å². The fraction of sp³-hybridized carbons (Fsp3) is 0.391. The summed E-state index contributed by atoms with van der Waals surface area (Å²) in [5, 5.41) is 5.80. The fourth-order valence-corrected chi connectivity index (χ4v) is 3.43. The number of carbonyl (C=O) groups is 2. The Labute approximate surface area is 180 Å². The molecule has 2 aromatic rings. The van der Waals surface area contributed by atoms with Gasteiger partial charge in [-0.3, -0.25) is 14.1 Å². The predicted molar refractivity (Wildman–Crippen MR) is 115 cm³/mol. The average Bonchev–Trinajstić information content (AvgIpc) is 3.05. The van der Waals surface area contributed by atoms with Crippen LogP contribution in [0.5, 0.6) is 0 Å². The summed E-state index contributed by atoms with van der Waals surface area (Å²) in [6.07, 6.45) is -0.100. The van der Waals surface area contributed by atoms with Crippen LogP contribution in [-0.4, -0.2) is 43.9 Å². The highest BCUT2D eigenvalue weighted by molar-refractivity contribution is 5.91. The highest BCUT2D eigenvalue weighted by atomic mass is 19.1. The van der Waals surface area contributed by atoms with Gasteiger partial charge in [0.15, 0.2) is 0 Å². The van der Waals surface area contributed by atoms with E-state index in [1.807, 2.05) is 24.3 Å². The van der Waals surface area contributed by atoms with Crippen molar-refractivity contribution in [1.29, 1.82) is 0 Å². The molecular formula is C23H27F2N3O3. The number of ether oxygens (including phenoxy) is 1. The minimum Gasteiger partial charge on any atom is -0.439 e. The van der Waals surface area contributed by atoms with Crippen molar-refractivity contribution in [3.05, 3.63) is 53.8 Å². The lowest BCUT2D eigenvalue weighted by Crippen LogP contribution is -2.43. The highest BCUT2D eigenvalue weighted by Gasteiger charge is 2.42. The van der Waals surface area contributed by atoms with Crippen LogP contribution in [0.15, 0.2) is 42.5 Å². The van der Waals surface area contributed by atoms with Gasteiger partial charge in [-0.25, -0.2) is 9.18 Å². The summed E-state index contributed by atoms with van der Waals surface area (Å²) in [7, 11) is 0. The molecule has 1 unspecified atom stereocenters. The first-order chi connectivity index (χ1) is 14.8. The molecule has 1 heterocycles. The molecule has 1 fully saturated rings. The van der Waals surface area contributed by atoms with Crippen LogP contribution >= 0.6 is 0 Å². The second-order valence-corrected chi connectivity index (χ2v) is 7.89. The van der Waals surface area contributed by atoms with Crippen LogP contribution in [0.1, 0.15) is 25.8 Å². The lowest BCUT2D eigenvalue weighted by atomic mass is 10.0. The van der Waals surface area contributed by atoms with E-state index in [2.05, 4.69) is 10.6 Å². The maximum absolute atomic E-state index is 14.9. The third-order valence-corrected chi connectivity index (χ3v) is 5.10. The minimum atomic E-state index is -0.883. The number of halogens is 2. The number of alkyl halides is 1. The zero-order valence-electron chi connectivity index (χ0n) is 17.7. The Morgan fingerprint density at radius 1 is 1.23 bits per heavy atom. The molecule has 1 aliphatic heterocycles. The van der Waals surface area contributed by atoms with Gasteiger partial charge in [0.05, 0.1) is 25.5 Å². The Morgan fingerprint density at radius 2 is 1.97 bits per heavy atom. The molecule has 8 heteroatoms. The molecular weight excluding hydrogens is 404 g/mol. The van der Waals surface area contributed by atoms with E-state index in [1.54, 1.807) is 19.1 Å². The van der Waals surface area contributed by atoms with Crippen molar-refractivity contribution >= 4 is 17.7 Å². The number of amides is 2. The van der Waals surface area contributed by atoms with Crippen molar-refractivity contribution in [3.63, 3.8) is 0 Å². The summed E-state index contributed by atoms with van der Waals surface area (Å²) < 4.78 is 32.4. The quantitative estimate of drug-likeness (QED) is 0.593. The van der Waals surface area contributed by atoms with Crippen LogP contribution in [0.25, 0.3) is 11.1 Å². The normalized spacial score (nSPS) is 18.2. The third-order valence-electron chi connectivity index (χ3n) is 5.10.